The van der Waals surface area contributed by atoms with E-state index in [4.69, 9.17) is 19.4 Å². The third-order valence-corrected chi connectivity index (χ3v) is 7.81. The van der Waals surface area contributed by atoms with Gasteiger partial charge >= 0.3 is 30.9 Å². The Morgan fingerprint density at radius 2 is 1.50 bits per heavy atom. The Balaban J connectivity index is 0.00000164. The summed E-state index contributed by atoms with van der Waals surface area (Å²) in [6.07, 6.45) is -14.6. The molecule has 18 heteroatoms. The van der Waals surface area contributed by atoms with E-state index in [0.717, 1.165) is 56.2 Å². The second-order valence-electron chi connectivity index (χ2n) is 11.0. The van der Waals surface area contributed by atoms with E-state index in [1.54, 1.807) is 0 Å². The summed E-state index contributed by atoms with van der Waals surface area (Å²) in [5.41, 5.74) is -3.76. The molecule has 2 fully saturated rings. The van der Waals surface area contributed by atoms with E-state index >= 15 is 0 Å². The smallest absolute Gasteiger partial charge is 0.483 e. The highest BCUT2D eigenvalue weighted by atomic mass is 19.4. The van der Waals surface area contributed by atoms with E-state index in [-0.39, 0.29) is 36.3 Å². The van der Waals surface area contributed by atoms with Gasteiger partial charge in [-0.25, -0.2) is 9.59 Å². The quantitative estimate of drug-likeness (QED) is 0.223. The highest BCUT2D eigenvalue weighted by Crippen LogP contribution is 2.42. The van der Waals surface area contributed by atoms with Crippen LogP contribution in [0.4, 0.5) is 54.8 Å². The number of hydrogen-bond donors (Lipinski definition) is 1. The number of rotatable bonds is 7. The number of carboxylic acid groups (broad SMARTS) is 1. The summed E-state index contributed by atoms with van der Waals surface area (Å²) in [6.45, 7) is 4.66. The average Bonchev–Trinajstić information content (AvgIpc) is 3.32. The summed E-state index contributed by atoms with van der Waals surface area (Å²) < 4.78 is 134. The standard InChI is InChI=1S/C29H29F9N2O5.C2H6.CH2O2/c1-16-24(18-10-20(27(30,31)32)13-21(11-18)28(33,34)35)44-26(42)39(16)15-19-12-22(45-29(36,37)38)8-9-23(19)40(25(41)43-2)14-17-6-4-3-5-7-17;1-2;2-1-3/h8-13,16-17,24H,3-7,14-15H2,1-2H3;1-2H3;1H,(H,2,3). The maximum atomic E-state index is 13.5. The van der Waals surface area contributed by atoms with Crippen LogP contribution in [0.3, 0.4) is 0 Å². The van der Waals surface area contributed by atoms with Gasteiger partial charge in [-0.3, -0.25) is 14.6 Å². The molecule has 0 spiro atoms. The highest BCUT2D eigenvalue weighted by Gasteiger charge is 2.44. The number of nitrogens with zero attached hydrogens (tertiary/aromatic N) is 2. The topological polar surface area (TPSA) is 106 Å². The van der Waals surface area contributed by atoms with Gasteiger partial charge in [0.25, 0.3) is 6.47 Å². The maximum Gasteiger partial charge on any atom is 0.573 e. The van der Waals surface area contributed by atoms with Crippen molar-refractivity contribution in [2.75, 3.05) is 18.6 Å². The van der Waals surface area contributed by atoms with Crippen molar-refractivity contribution in [3.05, 3.63) is 58.7 Å². The SMILES string of the molecule is CC.COC(=O)N(CC1CCCCC1)c1ccc(OC(F)(F)F)cc1CN1C(=O)OC(c2cc(C(F)(F)F)cc(C(F)(F)F)c2)C1C.O=CO. The van der Waals surface area contributed by atoms with Crippen LogP contribution in [0.5, 0.6) is 5.75 Å². The van der Waals surface area contributed by atoms with Gasteiger partial charge < -0.3 is 19.3 Å². The number of hydrogen-bond acceptors (Lipinski definition) is 6. The zero-order valence-corrected chi connectivity index (χ0v) is 27.4. The average molecular weight is 733 g/mol. The Hall–Kier alpha value is -4.38. The molecule has 280 valence electrons. The van der Waals surface area contributed by atoms with E-state index in [1.807, 2.05) is 13.8 Å². The van der Waals surface area contributed by atoms with Gasteiger partial charge in [0, 0.05) is 6.54 Å². The number of anilines is 1. The first-order valence-corrected chi connectivity index (χ1v) is 15.4. The van der Waals surface area contributed by atoms with Gasteiger partial charge in [-0.2, -0.15) is 26.3 Å². The number of alkyl halides is 9. The van der Waals surface area contributed by atoms with Crippen molar-refractivity contribution in [3.63, 3.8) is 0 Å². The van der Waals surface area contributed by atoms with Gasteiger partial charge in [-0.1, -0.05) is 33.1 Å². The summed E-state index contributed by atoms with van der Waals surface area (Å²) in [5, 5.41) is 6.89. The lowest BCUT2D eigenvalue weighted by molar-refractivity contribution is -0.274. The van der Waals surface area contributed by atoms with Gasteiger partial charge in [0.1, 0.15) is 11.9 Å². The molecular formula is C32H37F9N2O7. The molecular weight excluding hydrogens is 695 g/mol. The van der Waals surface area contributed by atoms with Crippen LogP contribution < -0.4 is 9.64 Å². The molecule has 2 aromatic rings. The minimum Gasteiger partial charge on any atom is -0.483 e. The summed E-state index contributed by atoms with van der Waals surface area (Å²) in [7, 11) is 1.12. The molecule has 2 aliphatic rings. The monoisotopic (exact) mass is 732 g/mol. The summed E-state index contributed by atoms with van der Waals surface area (Å²) in [4.78, 5) is 36.4. The fraction of sp³-hybridized carbons (Fsp3) is 0.531. The van der Waals surface area contributed by atoms with E-state index in [1.165, 1.54) is 17.9 Å². The lowest BCUT2D eigenvalue weighted by Crippen LogP contribution is -2.38. The minimum absolute atomic E-state index is 0.0394. The normalized spacial score (nSPS) is 18.2. The largest absolute Gasteiger partial charge is 0.573 e. The first-order chi connectivity index (χ1) is 23.3. The number of amides is 2. The second kappa shape index (κ2) is 17.5. The van der Waals surface area contributed by atoms with Gasteiger partial charge in [0.15, 0.2) is 0 Å². The van der Waals surface area contributed by atoms with Gasteiger partial charge in [0.2, 0.25) is 0 Å². The number of cyclic esters (lactones) is 1. The fourth-order valence-electron chi connectivity index (χ4n) is 5.64. The Bertz CT molecular complexity index is 1410. The molecule has 9 nitrogen and oxygen atoms in total. The molecule has 4 rings (SSSR count). The van der Waals surface area contributed by atoms with Crippen molar-refractivity contribution in [2.45, 2.75) is 90.3 Å². The van der Waals surface area contributed by atoms with Crippen LogP contribution in [-0.4, -0.2) is 54.7 Å². The van der Waals surface area contributed by atoms with Crippen LogP contribution in [0.25, 0.3) is 0 Å². The molecule has 0 radical (unpaired) electrons. The number of benzene rings is 2. The predicted octanol–water partition coefficient (Wildman–Crippen LogP) is 9.58. The van der Waals surface area contributed by atoms with E-state index in [9.17, 15) is 49.1 Å². The predicted molar refractivity (Wildman–Crippen MR) is 160 cm³/mol. The van der Waals surface area contributed by atoms with Crippen LogP contribution >= 0.6 is 0 Å². The molecule has 1 N–H and O–H groups in total. The molecule has 2 atom stereocenters. The third kappa shape index (κ3) is 11.3. The zero-order valence-electron chi connectivity index (χ0n) is 27.4. The summed E-state index contributed by atoms with van der Waals surface area (Å²) in [5.74, 6) is -0.645. The number of halogens is 9. The Morgan fingerprint density at radius 3 is 1.98 bits per heavy atom. The first kappa shape index (κ1) is 41.8. The van der Waals surface area contributed by atoms with Gasteiger partial charge in [-0.05, 0) is 73.2 Å². The van der Waals surface area contributed by atoms with Crippen LogP contribution in [0.15, 0.2) is 36.4 Å². The Morgan fingerprint density at radius 1 is 0.960 bits per heavy atom. The van der Waals surface area contributed by atoms with E-state index in [0.29, 0.717) is 12.1 Å². The van der Waals surface area contributed by atoms with Crippen molar-refractivity contribution in [1.29, 1.82) is 0 Å². The summed E-state index contributed by atoms with van der Waals surface area (Å²) >= 11 is 0. The van der Waals surface area contributed by atoms with Crippen LogP contribution in [0, 0.1) is 5.92 Å². The number of carbonyl (C=O) groups is 3. The Labute approximate surface area is 281 Å². The first-order valence-electron chi connectivity index (χ1n) is 15.4. The van der Waals surface area contributed by atoms with Crippen molar-refractivity contribution in [3.8, 4) is 5.75 Å². The molecule has 2 amide bonds. The maximum absolute atomic E-state index is 13.5. The number of carbonyl (C=O) groups excluding carboxylic acids is 2. The molecule has 0 bridgehead atoms. The number of ether oxygens (including phenoxy) is 3. The van der Waals surface area contributed by atoms with Crippen molar-refractivity contribution in [2.24, 2.45) is 5.92 Å². The molecule has 1 saturated carbocycles. The zero-order chi connectivity index (χ0) is 38.0. The third-order valence-electron chi connectivity index (χ3n) is 7.81. The molecule has 1 aliphatic carbocycles. The van der Waals surface area contributed by atoms with Crippen LogP contribution in [0.1, 0.15) is 81.2 Å². The number of methoxy groups -OCH3 is 1. The molecule has 1 saturated heterocycles. The van der Waals surface area contributed by atoms with Gasteiger partial charge in [-0.15, -0.1) is 13.2 Å². The van der Waals surface area contributed by atoms with Crippen LogP contribution in [0.2, 0.25) is 0 Å². The van der Waals surface area contributed by atoms with Gasteiger partial charge in [0.05, 0.1) is 36.5 Å². The molecule has 2 unspecified atom stereocenters. The molecule has 1 aliphatic heterocycles. The molecule has 0 aromatic heterocycles. The highest BCUT2D eigenvalue weighted by molar-refractivity contribution is 5.89. The fourth-order valence-corrected chi connectivity index (χ4v) is 5.64. The Kier molecular flexibility index (Phi) is 14.6. The molecule has 2 aromatic carbocycles. The minimum atomic E-state index is -5.15. The van der Waals surface area contributed by atoms with Crippen molar-refractivity contribution < 1.29 is 73.2 Å². The lowest BCUT2D eigenvalue weighted by Gasteiger charge is -2.31. The lowest BCUT2D eigenvalue weighted by atomic mass is 9.89. The van der Waals surface area contributed by atoms with Crippen molar-refractivity contribution >= 4 is 24.3 Å². The van der Waals surface area contributed by atoms with Crippen LogP contribution in [-0.2, 0) is 33.2 Å². The molecule has 1 heterocycles. The molecule has 50 heavy (non-hydrogen) atoms. The summed E-state index contributed by atoms with van der Waals surface area (Å²) in [6, 6.07) is 2.74. The van der Waals surface area contributed by atoms with E-state index in [2.05, 4.69) is 4.74 Å². The second-order valence-corrected chi connectivity index (χ2v) is 11.0. The van der Waals surface area contributed by atoms with E-state index < -0.39 is 72.0 Å². The van der Waals surface area contributed by atoms with Crippen molar-refractivity contribution in [1.82, 2.24) is 4.90 Å².